The number of benzene rings is 2. The zero-order valence-corrected chi connectivity index (χ0v) is 15.2. The Kier molecular flexibility index (Phi) is 5.49. The lowest BCUT2D eigenvalue weighted by molar-refractivity contribution is 1.05. The number of aromatic nitrogens is 1. The molecule has 3 rings (SSSR count). The largest absolute Gasteiger partial charge is 0.387 e. The van der Waals surface area contributed by atoms with Crippen molar-refractivity contribution < 1.29 is 0 Å². The minimum absolute atomic E-state index is 0.415. The molecule has 0 spiro atoms. The number of halogens is 1. The number of rotatable bonds is 6. The van der Waals surface area contributed by atoms with Crippen molar-refractivity contribution in [2.24, 2.45) is 10.7 Å². The van der Waals surface area contributed by atoms with Crippen molar-refractivity contribution in [2.75, 3.05) is 5.32 Å². The van der Waals surface area contributed by atoms with Gasteiger partial charge in [0.1, 0.15) is 0 Å². The summed E-state index contributed by atoms with van der Waals surface area (Å²) in [6.07, 6.45) is 2.18. The minimum atomic E-state index is 0.415. The van der Waals surface area contributed by atoms with Gasteiger partial charge >= 0.3 is 0 Å². The van der Waals surface area contributed by atoms with Crippen LogP contribution in [0.15, 0.2) is 59.7 Å². The van der Waals surface area contributed by atoms with Crippen molar-refractivity contribution in [1.82, 2.24) is 4.98 Å². The first-order chi connectivity index (χ1) is 12.5. The number of pyridine rings is 1. The van der Waals surface area contributed by atoms with Crippen molar-refractivity contribution in [1.29, 1.82) is 5.41 Å². The van der Waals surface area contributed by atoms with E-state index in [-0.39, 0.29) is 0 Å². The fourth-order valence-electron chi connectivity index (χ4n) is 2.60. The number of nitrogens with one attached hydrogen (secondary N) is 2. The summed E-state index contributed by atoms with van der Waals surface area (Å²) in [6, 6.07) is 15.6. The van der Waals surface area contributed by atoms with Crippen molar-refractivity contribution in [3.05, 3.63) is 65.3 Å². The Labute approximate surface area is 157 Å². The van der Waals surface area contributed by atoms with E-state index in [9.17, 15) is 0 Å². The minimum Gasteiger partial charge on any atom is -0.387 e. The molecule has 26 heavy (non-hydrogen) atoms. The summed E-state index contributed by atoms with van der Waals surface area (Å²) in [5, 5.41) is 12.5. The molecule has 5 nitrogen and oxygen atoms in total. The number of amidine groups is 1. The van der Waals surface area contributed by atoms with Gasteiger partial charge in [-0.1, -0.05) is 23.7 Å². The Morgan fingerprint density at radius 2 is 1.96 bits per heavy atom. The molecular weight excluding hydrogens is 346 g/mol. The smallest absolute Gasteiger partial charge is 0.0997 e. The lowest BCUT2D eigenvalue weighted by Crippen LogP contribution is -2.15. The SMILES string of the molecule is CC(=N)CC(N)=NCc1ccc(Nc2ccnc3cc(Cl)ccc23)cc1. The highest BCUT2D eigenvalue weighted by molar-refractivity contribution is 6.31. The molecule has 3 aromatic rings. The number of anilines is 2. The van der Waals surface area contributed by atoms with Crippen LogP contribution in [0.25, 0.3) is 10.9 Å². The van der Waals surface area contributed by atoms with Gasteiger partial charge in [-0.2, -0.15) is 0 Å². The Balaban J connectivity index is 1.73. The van der Waals surface area contributed by atoms with Gasteiger partial charge in [-0.15, -0.1) is 0 Å². The Hall–Kier alpha value is -2.92. The average Bonchev–Trinajstić information content (AvgIpc) is 2.60. The monoisotopic (exact) mass is 365 g/mol. The predicted octanol–water partition coefficient (Wildman–Crippen LogP) is 4.92. The third-order valence-electron chi connectivity index (χ3n) is 3.85. The van der Waals surface area contributed by atoms with Crippen LogP contribution in [0.5, 0.6) is 0 Å². The number of nitrogens with two attached hydrogens (primary N) is 1. The van der Waals surface area contributed by atoms with Crippen molar-refractivity contribution in [3.8, 4) is 0 Å². The van der Waals surface area contributed by atoms with Gasteiger partial charge in [-0.25, -0.2) is 0 Å². The van der Waals surface area contributed by atoms with E-state index in [4.69, 9.17) is 22.7 Å². The fourth-order valence-corrected chi connectivity index (χ4v) is 2.77. The van der Waals surface area contributed by atoms with E-state index in [0.29, 0.717) is 29.5 Å². The van der Waals surface area contributed by atoms with Gasteiger partial charge in [0.25, 0.3) is 0 Å². The maximum Gasteiger partial charge on any atom is 0.0997 e. The van der Waals surface area contributed by atoms with Gasteiger partial charge in [0.2, 0.25) is 0 Å². The Morgan fingerprint density at radius 1 is 1.19 bits per heavy atom. The van der Waals surface area contributed by atoms with Gasteiger partial charge < -0.3 is 16.5 Å². The molecule has 1 aromatic heterocycles. The lowest BCUT2D eigenvalue weighted by Gasteiger charge is -2.10. The molecule has 0 fully saturated rings. The summed E-state index contributed by atoms with van der Waals surface area (Å²) in [6.45, 7) is 2.23. The number of aliphatic imine (C=N–C) groups is 1. The topological polar surface area (TPSA) is 87.2 Å². The summed E-state index contributed by atoms with van der Waals surface area (Å²) >= 11 is 6.04. The van der Waals surface area contributed by atoms with Gasteiger partial charge in [0, 0.05) is 40.1 Å². The second-order valence-electron chi connectivity index (χ2n) is 6.11. The lowest BCUT2D eigenvalue weighted by atomic mass is 10.1. The van der Waals surface area contributed by atoms with Crippen LogP contribution in [0, 0.1) is 5.41 Å². The van der Waals surface area contributed by atoms with E-state index in [1.165, 1.54) is 0 Å². The molecule has 0 saturated carbocycles. The van der Waals surface area contributed by atoms with Crippen molar-refractivity contribution in [3.63, 3.8) is 0 Å². The summed E-state index contributed by atoms with van der Waals surface area (Å²) in [7, 11) is 0. The molecule has 0 amide bonds. The van der Waals surface area contributed by atoms with Gasteiger partial charge in [0.15, 0.2) is 0 Å². The van der Waals surface area contributed by atoms with E-state index >= 15 is 0 Å². The molecule has 132 valence electrons. The van der Waals surface area contributed by atoms with Gasteiger partial charge in [-0.05, 0) is 48.9 Å². The average molecular weight is 366 g/mol. The second kappa shape index (κ2) is 7.97. The second-order valence-corrected chi connectivity index (χ2v) is 6.54. The zero-order chi connectivity index (χ0) is 18.5. The standard InChI is InChI=1S/C20H20ClN5/c1-13(22)10-20(23)25-12-14-2-5-16(6-3-14)26-18-8-9-24-19-11-15(21)4-7-17(18)19/h2-9,11,22H,10,12H2,1H3,(H2,23,25)(H,24,26). The molecule has 0 atom stereocenters. The highest BCUT2D eigenvalue weighted by Gasteiger charge is 2.03. The first kappa shape index (κ1) is 17.9. The number of hydrogen-bond donors (Lipinski definition) is 3. The van der Waals surface area contributed by atoms with Gasteiger partial charge in [-0.3, -0.25) is 9.98 Å². The Morgan fingerprint density at radius 3 is 2.69 bits per heavy atom. The maximum absolute atomic E-state index is 7.43. The van der Waals surface area contributed by atoms with E-state index < -0.39 is 0 Å². The Bertz CT molecular complexity index is 964. The summed E-state index contributed by atoms with van der Waals surface area (Å²) in [5.74, 6) is 0.488. The quantitative estimate of drug-likeness (QED) is 0.428. The number of nitrogens with zero attached hydrogens (tertiary/aromatic N) is 2. The van der Waals surface area contributed by atoms with Crippen molar-refractivity contribution >= 4 is 45.4 Å². The maximum atomic E-state index is 7.43. The molecule has 0 aliphatic heterocycles. The molecule has 4 N–H and O–H groups in total. The summed E-state index contributed by atoms with van der Waals surface area (Å²) < 4.78 is 0. The van der Waals surface area contributed by atoms with E-state index in [2.05, 4.69) is 15.3 Å². The summed E-state index contributed by atoms with van der Waals surface area (Å²) in [5.41, 5.74) is 10.2. The highest BCUT2D eigenvalue weighted by Crippen LogP contribution is 2.27. The van der Waals surface area contributed by atoms with E-state index in [1.807, 2.05) is 48.5 Å². The van der Waals surface area contributed by atoms with E-state index in [1.54, 1.807) is 13.1 Å². The van der Waals surface area contributed by atoms with Crippen LogP contribution in [0.1, 0.15) is 18.9 Å². The normalized spacial score (nSPS) is 11.5. The molecule has 0 unspecified atom stereocenters. The molecule has 2 aromatic carbocycles. The number of hydrogen-bond acceptors (Lipinski definition) is 4. The van der Waals surface area contributed by atoms with Gasteiger partial charge in [0.05, 0.1) is 17.9 Å². The third kappa shape index (κ3) is 4.58. The van der Waals surface area contributed by atoms with Crippen molar-refractivity contribution in [2.45, 2.75) is 19.9 Å². The zero-order valence-electron chi connectivity index (χ0n) is 14.5. The highest BCUT2D eigenvalue weighted by atomic mass is 35.5. The number of fused-ring (bicyclic) bond motifs is 1. The van der Waals surface area contributed by atoms with E-state index in [0.717, 1.165) is 27.8 Å². The molecule has 0 saturated heterocycles. The van der Waals surface area contributed by atoms with Crippen LogP contribution in [-0.4, -0.2) is 16.5 Å². The van der Waals surface area contributed by atoms with Crippen LogP contribution in [0.4, 0.5) is 11.4 Å². The molecule has 0 radical (unpaired) electrons. The molecule has 0 bridgehead atoms. The first-order valence-electron chi connectivity index (χ1n) is 8.24. The third-order valence-corrected chi connectivity index (χ3v) is 4.08. The van der Waals surface area contributed by atoms with Crippen LogP contribution in [-0.2, 0) is 6.54 Å². The first-order valence-corrected chi connectivity index (χ1v) is 8.62. The molecule has 0 aliphatic rings. The molecule has 6 heteroatoms. The predicted molar refractivity (Wildman–Crippen MR) is 110 cm³/mol. The van der Waals surface area contributed by atoms with Crippen LogP contribution in [0.2, 0.25) is 5.02 Å². The van der Waals surface area contributed by atoms with Crippen LogP contribution >= 0.6 is 11.6 Å². The van der Waals surface area contributed by atoms with Crippen LogP contribution in [0.3, 0.4) is 0 Å². The summed E-state index contributed by atoms with van der Waals surface area (Å²) in [4.78, 5) is 8.66. The van der Waals surface area contributed by atoms with Crippen LogP contribution < -0.4 is 11.1 Å². The molecule has 0 aliphatic carbocycles. The molecular formula is C20H20ClN5. The fraction of sp³-hybridized carbons (Fsp3) is 0.150. The molecule has 1 heterocycles.